The molecule has 74 valence electrons. The molecule has 1 unspecified atom stereocenters. The molecule has 0 amide bonds. The molecule has 14 heavy (non-hydrogen) atoms. The molecule has 1 aliphatic heterocycles. The van der Waals surface area contributed by atoms with E-state index in [2.05, 4.69) is 0 Å². The van der Waals surface area contributed by atoms with Crippen molar-refractivity contribution in [3.8, 4) is 11.5 Å². The summed E-state index contributed by atoms with van der Waals surface area (Å²) in [7, 11) is 0. The van der Waals surface area contributed by atoms with E-state index < -0.39 is 11.9 Å². The van der Waals surface area contributed by atoms with Crippen LogP contribution in [0.1, 0.15) is 5.56 Å². The van der Waals surface area contributed by atoms with Gasteiger partial charge in [0.25, 0.3) is 0 Å². The van der Waals surface area contributed by atoms with Crippen molar-refractivity contribution in [3.05, 3.63) is 23.8 Å². The number of phenolic OH excluding ortho intramolecular Hbond substituents is 1. The van der Waals surface area contributed by atoms with Crippen molar-refractivity contribution in [2.45, 2.75) is 6.42 Å². The minimum Gasteiger partial charge on any atom is -0.508 e. The van der Waals surface area contributed by atoms with Crippen molar-refractivity contribution in [2.75, 3.05) is 6.61 Å². The Bertz CT molecular complexity index is 372. The highest BCUT2D eigenvalue weighted by molar-refractivity contribution is 5.71. The molecule has 2 N–H and O–H groups in total. The maximum Gasteiger partial charge on any atom is 0.310 e. The Morgan fingerprint density at radius 2 is 2.29 bits per heavy atom. The Hall–Kier alpha value is -1.71. The van der Waals surface area contributed by atoms with E-state index in [1.54, 1.807) is 6.07 Å². The van der Waals surface area contributed by atoms with Crippen LogP contribution in [0, 0.1) is 5.92 Å². The Labute approximate surface area is 80.7 Å². The summed E-state index contributed by atoms with van der Waals surface area (Å²) in [4.78, 5) is 10.7. The number of hydrogen-bond donors (Lipinski definition) is 2. The average molecular weight is 194 g/mol. The zero-order valence-corrected chi connectivity index (χ0v) is 7.43. The predicted octanol–water partition coefficient (Wildman–Crippen LogP) is 1.03. The first-order chi connectivity index (χ1) is 6.66. The number of ether oxygens (including phenoxy) is 1. The number of rotatable bonds is 1. The van der Waals surface area contributed by atoms with Crippen LogP contribution in [0.15, 0.2) is 18.2 Å². The van der Waals surface area contributed by atoms with Gasteiger partial charge in [-0.05, 0) is 18.1 Å². The third-order valence-electron chi connectivity index (χ3n) is 2.31. The van der Waals surface area contributed by atoms with Gasteiger partial charge in [-0.1, -0.05) is 6.07 Å². The van der Waals surface area contributed by atoms with Crippen LogP contribution >= 0.6 is 0 Å². The first kappa shape index (κ1) is 8.87. The molecule has 0 aliphatic carbocycles. The molecular weight excluding hydrogens is 184 g/mol. The number of aromatic hydroxyl groups is 1. The Kier molecular flexibility index (Phi) is 2.04. The second-order valence-electron chi connectivity index (χ2n) is 3.34. The van der Waals surface area contributed by atoms with Crippen LogP contribution in [0.25, 0.3) is 0 Å². The lowest BCUT2D eigenvalue weighted by Gasteiger charge is -2.22. The van der Waals surface area contributed by atoms with E-state index in [9.17, 15) is 4.79 Å². The maximum atomic E-state index is 10.7. The van der Waals surface area contributed by atoms with Gasteiger partial charge in [0.15, 0.2) is 0 Å². The first-order valence-corrected chi connectivity index (χ1v) is 4.34. The highest BCUT2D eigenvalue weighted by atomic mass is 16.5. The van der Waals surface area contributed by atoms with Gasteiger partial charge in [-0.15, -0.1) is 0 Å². The van der Waals surface area contributed by atoms with Crippen molar-refractivity contribution in [1.29, 1.82) is 0 Å². The van der Waals surface area contributed by atoms with Gasteiger partial charge in [0, 0.05) is 6.07 Å². The topological polar surface area (TPSA) is 66.8 Å². The van der Waals surface area contributed by atoms with Crippen LogP contribution in [0.5, 0.6) is 11.5 Å². The quantitative estimate of drug-likeness (QED) is 0.700. The van der Waals surface area contributed by atoms with Gasteiger partial charge >= 0.3 is 5.97 Å². The van der Waals surface area contributed by atoms with Crippen LogP contribution in [0.3, 0.4) is 0 Å². The monoisotopic (exact) mass is 194 g/mol. The highest BCUT2D eigenvalue weighted by Gasteiger charge is 2.25. The minimum atomic E-state index is -0.844. The molecule has 0 fully saturated rings. The molecule has 1 aromatic carbocycles. The van der Waals surface area contributed by atoms with Crippen LogP contribution in [0.4, 0.5) is 0 Å². The van der Waals surface area contributed by atoms with E-state index >= 15 is 0 Å². The molecule has 0 spiro atoms. The molecule has 2 rings (SSSR count). The van der Waals surface area contributed by atoms with E-state index in [1.807, 2.05) is 0 Å². The average Bonchev–Trinajstić information content (AvgIpc) is 2.16. The number of carboxylic acids is 1. The van der Waals surface area contributed by atoms with Gasteiger partial charge in [-0.25, -0.2) is 0 Å². The lowest BCUT2D eigenvalue weighted by molar-refractivity contribution is -0.143. The molecule has 0 bridgehead atoms. The number of aliphatic carboxylic acids is 1. The number of carbonyl (C=O) groups is 1. The molecule has 0 radical (unpaired) electrons. The highest BCUT2D eigenvalue weighted by Crippen LogP contribution is 2.30. The summed E-state index contributed by atoms with van der Waals surface area (Å²) in [5.41, 5.74) is 0.835. The SMILES string of the molecule is O=C(O)C1COc2cc(O)ccc2C1. The molecule has 4 heteroatoms. The summed E-state index contributed by atoms with van der Waals surface area (Å²) in [6.07, 6.45) is 0.463. The summed E-state index contributed by atoms with van der Waals surface area (Å²) in [5, 5.41) is 18.0. The van der Waals surface area contributed by atoms with Crippen LogP contribution < -0.4 is 4.74 Å². The van der Waals surface area contributed by atoms with Crippen molar-refractivity contribution >= 4 is 5.97 Å². The Morgan fingerprint density at radius 1 is 1.50 bits per heavy atom. The van der Waals surface area contributed by atoms with Crippen molar-refractivity contribution in [3.63, 3.8) is 0 Å². The lowest BCUT2D eigenvalue weighted by atomic mass is 9.97. The molecule has 1 aromatic rings. The van der Waals surface area contributed by atoms with E-state index in [0.717, 1.165) is 5.56 Å². The number of fused-ring (bicyclic) bond motifs is 1. The normalized spacial score (nSPS) is 19.6. The van der Waals surface area contributed by atoms with Crippen LogP contribution in [0.2, 0.25) is 0 Å². The number of hydrogen-bond acceptors (Lipinski definition) is 3. The van der Waals surface area contributed by atoms with E-state index in [1.165, 1.54) is 12.1 Å². The molecule has 1 aliphatic rings. The zero-order chi connectivity index (χ0) is 10.1. The van der Waals surface area contributed by atoms with Gasteiger partial charge in [0.1, 0.15) is 18.1 Å². The summed E-state index contributed by atoms with van der Waals surface area (Å²) < 4.78 is 5.24. The third-order valence-corrected chi connectivity index (χ3v) is 2.31. The fourth-order valence-corrected chi connectivity index (χ4v) is 1.52. The maximum absolute atomic E-state index is 10.7. The summed E-state index contributed by atoms with van der Waals surface area (Å²) in [5.74, 6) is -0.601. The second kappa shape index (κ2) is 3.21. The molecule has 1 atom stereocenters. The molecule has 0 aromatic heterocycles. The fraction of sp³-hybridized carbons (Fsp3) is 0.300. The van der Waals surface area contributed by atoms with Crippen molar-refractivity contribution < 1.29 is 19.7 Å². The minimum absolute atomic E-state index is 0.137. The molecular formula is C10H10O4. The van der Waals surface area contributed by atoms with Crippen molar-refractivity contribution in [1.82, 2.24) is 0 Å². The van der Waals surface area contributed by atoms with Crippen LogP contribution in [-0.2, 0) is 11.2 Å². The first-order valence-electron chi connectivity index (χ1n) is 4.34. The summed E-state index contributed by atoms with van der Waals surface area (Å²) >= 11 is 0. The van der Waals surface area contributed by atoms with E-state index in [0.29, 0.717) is 12.2 Å². The summed E-state index contributed by atoms with van der Waals surface area (Å²) in [6, 6.07) is 4.74. The smallest absolute Gasteiger partial charge is 0.310 e. The fourth-order valence-electron chi connectivity index (χ4n) is 1.52. The molecule has 1 heterocycles. The zero-order valence-electron chi connectivity index (χ0n) is 7.43. The number of carboxylic acid groups (broad SMARTS) is 1. The number of phenols is 1. The van der Waals surface area contributed by atoms with Gasteiger partial charge in [-0.2, -0.15) is 0 Å². The van der Waals surface area contributed by atoms with Gasteiger partial charge < -0.3 is 14.9 Å². The second-order valence-corrected chi connectivity index (χ2v) is 3.34. The Morgan fingerprint density at radius 3 is 3.00 bits per heavy atom. The lowest BCUT2D eigenvalue weighted by Crippen LogP contribution is -2.27. The molecule has 0 saturated carbocycles. The Balaban J connectivity index is 2.27. The van der Waals surface area contributed by atoms with Gasteiger partial charge in [0.05, 0.1) is 5.92 Å². The third kappa shape index (κ3) is 1.51. The molecule has 0 saturated heterocycles. The van der Waals surface area contributed by atoms with Gasteiger partial charge in [-0.3, -0.25) is 4.79 Å². The van der Waals surface area contributed by atoms with Gasteiger partial charge in [0.2, 0.25) is 0 Å². The molecule has 4 nitrogen and oxygen atoms in total. The van der Waals surface area contributed by atoms with E-state index in [-0.39, 0.29) is 12.4 Å². The summed E-state index contributed by atoms with van der Waals surface area (Å²) in [6.45, 7) is 0.172. The van der Waals surface area contributed by atoms with Crippen LogP contribution in [-0.4, -0.2) is 22.8 Å². The predicted molar refractivity (Wildman–Crippen MR) is 48.4 cm³/mol. The number of benzene rings is 1. The standard InChI is InChI=1S/C10H10O4/c11-8-2-1-6-3-7(10(12)13)5-14-9(6)4-8/h1-2,4,7,11H,3,5H2,(H,12,13). The van der Waals surface area contributed by atoms with Crippen molar-refractivity contribution in [2.24, 2.45) is 5.92 Å². The largest absolute Gasteiger partial charge is 0.508 e. The van der Waals surface area contributed by atoms with E-state index in [4.69, 9.17) is 14.9 Å².